The van der Waals surface area contributed by atoms with E-state index in [0.717, 1.165) is 33.4 Å². The molecular weight excluding hydrogens is 661 g/mol. The molecule has 51 heavy (non-hydrogen) atoms. The Bertz CT molecular complexity index is 3110. The number of hydrogen-bond acceptors (Lipinski definition) is 5. The zero-order valence-electron chi connectivity index (χ0n) is 27.1. The van der Waals surface area contributed by atoms with Crippen LogP contribution in [0, 0.1) is 0 Å². The molecule has 0 bridgehead atoms. The summed E-state index contributed by atoms with van der Waals surface area (Å²) in [7, 11) is 0. The van der Waals surface area contributed by atoms with Gasteiger partial charge in [0, 0.05) is 67.8 Å². The summed E-state index contributed by atoms with van der Waals surface area (Å²) in [4.78, 5) is 15.9. The van der Waals surface area contributed by atoms with Gasteiger partial charge in [-0.15, -0.1) is 22.7 Å². The van der Waals surface area contributed by atoms with Crippen molar-refractivity contribution in [1.82, 2.24) is 19.5 Å². The van der Waals surface area contributed by atoms with E-state index in [4.69, 9.17) is 15.0 Å². The molecule has 6 heteroatoms. The highest BCUT2D eigenvalue weighted by Gasteiger charge is 2.21. The Morgan fingerprint density at radius 3 is 1.69 bits per heavy atom. The minimum atomic E-state index is 0.639. The molecular formula is C45H26N4S2. The van der Waals surface area contributed by atoms with Crippen molar-refractivity contribution in [3.63, 3.8) is 0 Å². The highest BCUT2D eigenvalue weighted by Crippen LogP contribution is 2.41. The number of benzene rings is 7. The lowest BCUT2D eigenvalue weighted by Gasteiger charge is -2.15. The summed E-state index contributed by atoms with van der Waals surface area (Å²) in [6.45, 7) is 0. The number of rotatable bonds is 4. The predicted octanol–water partition coefficient (Wildman–Crippen LogP) is 12.7. The minimum absolute atomic E-state index is 0.639. The number of hydrogen-bond donors (Lipinski definition) is 0. The second-order valence-electron chi connectivity index (χ2n) is 12.8. The summed E-state index contributed by atoms with van der Waals surface area (Å²) in [6, 6.07) is 56.0. The molecule has 238 valence electrons. The average Bonchev–Trinajstić information content (AvgIpc) is 3.87. The van der Waals surface area contributed by atoms with Crippen molar-refractivity contribution in [2.45, 2.75) is 0 Å². The smallest absolute Gasteiger partial charge is 0.166 e. The summed E-state index contributed by atoms with van der Waals surface area (Å²) < 4.78 is 7.31. The average molecular weight is 687 g/mol. The standard InChI is InChI=1S/C45H26N4S2/c1-6-18-35-28(12-1)29-13-2-7-19-36(29)49(35)37-20-8-3-15-32(37)44-46-43(27-24-25-31-30-14-4-9-21-38(30)51-41(31)26-27)47-45(48-44)34-17-11-23-40-42(34)33-16-5-10-22-39(33)50-40/h1-26H. The first kappa shape index (κ1) is 28.6. The Balaban J connectivity index is 1.20. The summed E-state index contributed by atoms with van der Waals surface area (Å²) >= 11 is 3.61. The molecule has 0 atom stereocenters. The van der Waals surface area contributed by atoms with Gasteiger partial charge in [0.15, 0.2) is 17.5 Å². The van der Waals surface area contributed by atoms with Crippen LogP contribution < -0.4 is 0 Å². The molecule has 0 saturated heterocycles. The second kappa shape index (κ2) is 11.2. The zero-order valence-corrected chi connectivity index (χ0v) is 28.7. The SMILES string of the molecule is c1ccc(-n2c3ccccc3c3ccccc32)c(-c2nc(-c3ccc4c(c3)sc3ccccc34)nc(-c3cccc4sc5ccccc5c34)n2)c1. The van der Waals surface area contributed by atoms with Crippen molar-refractivity contribution >= 4 is 84.8 Å². The van der Waals surface area contributed by atoms with E-state index in [1.807, 2.05) is 0 Å². The molecule has 7 aromatic carbocycles. The topological polar surface area (TPSA) is 43.6 Å². The van der Waals surface area contributed by atoms with Crippen LogP contribution in [-0.2, 0) is 0 Å². The van der Waals surface area contributed by atoms with Gasteiger partial charge in [-0.2, -0.15) is 0 Å². The Kier molecular flexibility index (Phi) is 6.26. The van der Waals surface area contributed by atoms with E-state index in [1.165, 1.54) is 51.1 Å². The third-order valence-electron chi connectivity index (χ3n) is 9.88. The van der Waals surface area contributed by atoms with Gasteiger partial charge in [-0.25, -0.2) is 15.0 Å². The van der Waals surface area contributed by atoms with Gasteiger partial charge in [-0.05, 0) is 48.5 Å². The molecule has 4 heterocycles. The van der Waals surface area contributed by atoms with E-state index in [-0.39, 0.29) is 0 Å². The fourth-order valence-corrected chi connectivity index (χ4v) is 9.89. The van der Waals surface area contributed by atoms with Crippen molar-refractivity contribution in [2.24, 2.45) is 0 Å². The Hall–Kier alpha value is -6.21. The van der Waals surface area contributed by atoms with Gasteiger partial charge in [-0.3, -0.25) is 0 Å². The van der Waals surface area contributed by atoms with Crippen LogP contribution in [0.3, 0.4) is 0 Å². The first-order chi connectivity index (χ1) is 25.3. The first-order valence-electron chi connectivity index (χ1n) is 16.9. The van der Waals surface area contributed by atoms with Crippen molar-refractivity contribution < 1.29 is 0 Å². The van der Waals surface area contributed by atoms with E-state index in [0.29, 0.717) is 17.5 Å². The molecule has 0 saturated carbocycles. The summed E-state index contributed by atoms with van der Waals surface area (Å²) in [5, 5.41) is 7.35. The van der Waals surface area contributed by atoms with Crippen LogP contribution in [0.15, 0.2) is 158 Å². The van der Waals surface area contributed by atoms with Gasteiger partial charge < -0.3 is 4.57 Å². The maximum absolute atomic E-state index is 5.34. The lowest BCUT2D eigenvalue weighted by Crippen LogP contribution is -2.03. The van der Waals surface area contributed by atoms with Crippen molar-refractivity contribution in [2.75, 3.05) is 0 Å². The van der Waals surface area contributed by atoms with Gasteiger partial charge >= 0.3 is 0 Å². The van der Waals surface area contributed by atoms with Crippen LogP contribution >= 0.6 is 22.7 Å². The molecule has 0 aliphatic heterocycles. The fraction of sp³-hybridized carbons (Fsp3) is 0. The van der Waals surface area contributed by atoms with Crippen molar-refractivity contribution in [1.29, 1.82) is 0 Å². The maximum Gasteiger partial charge on any atom is 0.166 e. The van der Waals surface area contributed by atoms with Gasteiger partial charge in [0.05, 0.1) is 16.7 Å². The molecule has 4 aromatic heterocycles. The molecule has 0 amide bonds. The molecule has 0 aliphatic rings. The maximum atomic E-state index is 5.34. The number of thiophene rings is 2. The number of para-hydroxylation sites is 3. The largest absolute Gasteiger partial charge is 0.309 e. The molecule has 0 spiro atoms. The normalized spacial score (nSPS) is 11.9. The van der Waals surface area contributed by atoms with E-state index in [2.05, 4.69) is 162 Å². The Labute approximate surface area is 300 Å². The highest BCUT2D eigenvalue weighted by molar-refractivity contribution is 7.26. The summed E-state index contributed by atoms with van der Waals surface area (Å²) in [5.41, 5.74) is 6.23. The van der Waals surface area contributed by atoms with Gasteiger partial charge in [0.2, 0.25) is 0 Å². The quantitative estimate of drug-likeness (QED) is 0.185. The molecule has 11 rings (SSSR count). The van der Waals surface area contributed by atoms with Crippen LogP contribution in [-0.4, -0.2) is 19.5 Å². The van der Waals surface area contributed by atoms with Crippen molar-refractivity contribution in [3.05, 3.63) is 158 Å². The van der Waals surface area contributed by atoms with Crippen LogP contribution in [0.5, 0.6) is 0 Å². The third kappa shape index (κ3) is 4.40. The predicted molar refractivity (Wildman–Crippen MR) is 216 cm³/mol. The lowest BCUT2D eigenvalue weighted by atomic mass is 10.0. The highest BCUT2D eigenvalue weighted by atomic mass is 32.1. The first-order valence-corrected chi connectivity index (χ1v) is 18.6. The fourth-order valence-electron chi connectivity index (χ4n) is 7.61. The Morgan fingerprint density at radius 1 is 0.373 bits per heavy atom. The van der Waals surface area contributed by atoms with Crippen LogP contribution in [0.25, 0.3) is 102 Å². The Morgan fingerprint density at radius 2 is 0.902 bits per heavy atom. The summed E-state index contributed by atoms with van der Waals surface area (Å²) in [6.07, 6.45) is 0. The third-order valence-corrected chi connectivity index (χ3v) is 12.2. The monoisotopic (exact) mass is 686 g/mol. The minimum Gasteiger partial charge on any atom is -0.309 e. The van der Waals surface area contributed by atoms with Gasteiger partial charge in [0.1, 0.15) is 0 Å². The zero-order chi connectivity index (χ0) is 33.5. The molecule has 0 unspecified atom stereocenters. The van der Waals surface area contributed by atoms with Gasteiger partial charge in [-0.1, -0.05) is 109 Å². The lowest BCUT2D eigenvalue weighted by molar-refractivity contribution is 1.07. The number of aromatic nitrogens is 4. The number of fused-ring (bicyclic) bond motifs is 9. The molecule has 11 aromatic rings. The van der Waals surface area contributed by atoms with Gasteiger partial charge in [0.25, 0.3) is 0 Å². The molecule has 0 fully saturated rings. The van der Waals surface area contributed by atoms with Crippen LogP contribution in [0.2, 0.25) is 0 Å². The van der Waals surface area contributed by atoms with E-state index in [1.54, 1.807) is 22.7 Å². The summed E-state index contributed by atoms with van der Waals surface area (Å²) in [5.74, 6) is 1.96. The van der Waals surface area contributed by atoms with E-state index in [9.17, 15) is 0 Å². The second-order valence-corrected chi connectivity index (χ2v) is 14.9. The van der Waals surface area contributed by atoms with Crippen molar-refractivity contribution in [3.8, 4) is 39.9 Å². The van der Waals surface area contributed by atoms with E-state index >= 15 is 0 Å². The van der Waals surface area contributed by atoms with Crippen LogP contribution in [0.1, 0.15) is 0 Å². The van der Waals surface area contributed by atoms with E-state index < -0.39 is 0 Å². The van der Waals surface area contributed by atoms with Crippen LogP contribution in [0.4, 0.5) is 0 Å². The molecule has 0 aliphatic carbocycles. The molecule has 0 radical (unpaired) electrons. The number of nitrogens with zero attached hydrogens (tertiary/aromatic N) is 4. The molecule has 0 N–H and O–H groups in total. The molecule has 4 nitrogen and oxygen atoms in total.